The number of benzene rings is 1. The zero-order chi connectivity index (χ0) is 21.4. The number of hydrogen-bond acceptors (Lipinski definition) is 4. The van der Waals surface area contributed by atoms with E-state index in [4.69, 9.17) is 5.73 Å². The Morgan fingerprint density at radius 1 is 1.21 bits per heavy atom. The molecule has 1 aromatic carbocycles. The molecule has 0 unspecified atom stereocenters. The third-order valence-corrected chi connectivity index (χ3v) is 5.25. The van der Waals surface area contributed by atoms with Crippen molar-refractivity contribution < 1.29 is 4.79 Å². The molecular formula is C21H27BrN4O3. The van der Waals surface area contributed by atoms with Crippen molar-refractivity contribution >= 4 is 39.4 Å². The van der Waals surface area contributed by atoms with Crippen molar-refractivity contribution in [1.29, 1.82) is 0 Å². The lowest BCUT2D eigenvalue weighted by Crippen LogP contribution is -2.41. The van der Waals surface area contributed by atoms with E-state index in [-0.39, 0.29) is 17.4 Å². The minimum absolute atomic E-state index is 0.0194. The van der Waals surface area contributed by atoms with Crippen molar-refractivity contribution in [2.24, 2.45) is 0 Å². The molecular weight excluding hydrogens is 436 g/mol. The number of aromatic amines is 1. The average molecular weight is 463 g/mol. The number of anilines is 2. The van der Waals surface area contributed by atoms with Crippen LogP contribution in [0.5, 0.6) is 0 Å². The minimum Gasteiger partial charge on any atom is -0.383 e. The van der Waals surface area contributed by atoms with Gasteiger partial charge < -0.3 is 10.6 Å². The number of hydrogen-bond donors (Lipinski definition) is 2. The number of unbranched alkanes of at least 4 members (excludes halogenated alkanes) is 2. The highest BCUT2D eigenvalue weighted by Crippen LogP contribution is 2.20. The quantitative estimate of drug-likeness (QED) is 0.556. The highest BCUT2D eigenvalue weighted by atomic mass is 79.9. The monoisotopic (exact) mass is 462 g/mol. The summed E-state index contributed by atoms with van der Waals surface area (Å²) in [5.74, 6) is -0.349. The van der Waals surface area contributed by atoms with Gasteiger partial charge in [-0.1, -0.05) is 60.8 Å². The molecule has 0 saturated heterocycles. The van der Waals surface area contributed by atoms with Crippen LogP contribution in [0.1, 0.15) is 45.1 Å². The van der Waals surface area contributed by atoms with Gasteiger partial charge >= 0.3 is 5.69 Å². The first-order valence-corrected chi connectivity index (χ1v) is 10.6. The Balaban J connectivity index is 2.46. The second-order valence-electron chi connectivity index (χ2n) is 6.70. The highest BCUT2D eigenvalue weighted by Gasteiger charge is 2.22. The molecule has 0 radical (unpaired) electrons. The summed E-state index contributed by atoms with van der Waals surface area (Å²) in [5, 5.41) is 0. The van der Waals surface area contributed by atoms with Gasteiger partial charge in [-0.15, -0.1) is 0 Å². The van der Waals surface area contributed by atoms with Crippen LogP contribution >= 0.6 is 15.9 Å². The summed E-state index contributed by atoms with van der Waals surface area (Å²) in [6, 6.07) is 7.51. The van der Waals surface area contributed by atoms with Crippen molar-refractivity contribution in [3.05, 3.63) is 61.2 Å². The molecule has 0 atom stereocenters. The zero-order valence-corrected chi connectivity index (χ0v) is 18.4. The van der Waals surface area contributed by atoms with E-state index >= 15 is 0 Å². The molecule has 2 rings (SSSR count). The van der Waals surface area contributed by atoms with Crippen LogP contribution in [0.3, 0.4) is 0 Å². The van der Waals surface area contributed by atoms with Crippen molar-refractivity contribution in [2.45, 2.75) is 46.1 Å². The van der Waals surface area contributed by atoms with Crippen LogP contribution < -0.4 is 21.9 Å². The van der Waals surface area contributed by atoms with E-state index in [0.29, 0.717) is 19.5 Å². The summed E-state index contributed by atoms with van der Waals surface area (Å²) >= 11 is 3.45. The van der Waals surface area contributed by atoms with E-state index < -0.39 is 11.2 Å². The normalized spacial score (nSPS) is 11.1. The van der Waals surface area contributed by atoms with Crippen LogP contribution in [0.15, 0.2) is 44.4 Å². The van der Waals surface area contributed by atoms with E-state index in [9.17, 15) is 14.4 Å². The average Bonchev–Trinajstić information content (AvgIpc) is 2.69. The molecule has 8 heteroatoms. The van der Waals surface area contributed by atoms with Gasteiger partial charge in [0.25, 0.3) is 11.5 Å². The van der Waals surface area contributed by atoms with Crippen LogP contribution in [-0.4, -0.2) is 22.0 Å². The maximum Gasteiger partial charge on any atom is 0.330 e. The molecule has 0 saturated carbocycles. The molecule has 156 valence electrons. The number of nitrogen functional groups attached to an aromatic ring is 1. The van der Waals surface area contributed by atoms with Crippen molar-refractivity contribution in [1.82, 2.24) is 9.55 Å². The fourth-order valence-electron chi connectivity index (χ4n) is 2.89. The summed E-state index contributed by atoms with van der Waals surface area (Å²) < 4.78 is 2.18. The molecule has 2 aromatic rings. The lowest BCUT2D eigenvalue weighted by molar-refractivity contribution is -0.114. The number of H-pyrrole nitrogens is 1. The van der Waals surface area contributed by atoms with Gasteiger partial charge in [-0.05, 0) is 30.5 Å². The van der Waals surface area contributed by atoms with E-state index in [2.05, 4.69) is 20.9 Å². The number of nitrogens with one attached hydrogen (secondary N) is 1. The van der Waals surface area contributed by atoms with E-state index in [1.165, 1.54) is 15.5 Å². The number of nitrogens with zero attached hydrogens (tertiary/aromatic N) is 2. The molecule has 0 spiro atoms. The molecule has 0 fully saturated rings. The first-order valence-electron chi connectivity index (χ1n) is 9.77. The Morgan fingerprint density at radius 3 is 2.55 bits per heavy atom. The largest absolute Gasteiger partial charge is 0.383 e. The first-order chi connectivity index (χ1) is 13.9. The minimum atomic E-state index is -0.654. The molecule has 0 aliphatic carbocycles. The SMILES string of the molecule is CCCCN(C(=O)/C=C/c1ccccc1Br)c1c(N)n(CCCC)c(=O)[nH]c1=O. The Morgan fingerprint density at radius 2 is 1.90 bits per heavy atom. The zero-order valence-electron chi connectivity index (χ0n) is 16.8. The standard InChI is InChI=1S/C21H27BrN4O3/c1-3-5-13-25(17(27)12-11-15-9-7-8-10-16(15)22)18-19(23)26(14-6-4-2)21(29)24-20(18)28/h7-12H,3-6,13-14,23H2,1-2H3,(H,24,28,29)/b12-11+. The predicted octanol–water partition coefficient (Wildman–Crippen LogP) is 3.53. The maximum absolute atomic E-state index is 13.0. The Labute approximate surface area is 178 Å². The lowest BCUT2D eigenvalue weighted by atomic mass is 10.2. The van der Waals surface area contributed by atoms with Crippen molar-refractivity contribution in [3.8, 4) is 0 Å². The molecule has 1 heterocycles. The van der Waals surface area contributed by atoms with Crippen LogP contribution in [-0.2, 0) is 11.3 Å². The fourth-order valence-corrected chi connectivity index (χ4v) is 3.30. The molecule has 0 aliphatic heterocycles. The van der Waals surface area contributed by atoms with Gasteiger partial charge in [-0.2, -0.15) is 0 Å². The van der Waals surface area contributed by atoms with Gasteiger partial charge in [-0.25, -0.2) is 4.79 Å². The summed E-state index contributed by atoms with van der Waals surface area (Å²) in [6.45, 7) is 4.70. The van der Waals surface area contributed by atoms with Gasteiger partial charge in [0.1, 0.15) is 5.82 Å². The third-order valence-electron chi connectivity index (χ3n) is 4.53. The molecule has 1 amide bonds. The molecule has 0 bridgehead atoms. The van der Waals surface area contributed by atoms with Gasteiger partial charge in [0.15, 0.2) is 5.69 Å². The predicted molar refractivity (Wildman–Crippen MR) is 121 cm³/mol. The fraction of sp³-hybridized carbons (Fsp3) is 0.381. The summed E-state index contributed by atoms with van der Waals surface area (Å²) in [7, 11) is 0. The molecule has 0 aliphatic rings. The second kappa shape index (κ2) is 10.8. The molecule has 1 aromatic heterocycles. The molecule has 29 heavy (non-hydrogen) atoms. The number of carbonyl (C=O) groups is 1. The number of aromatic nitrogens is 2. The van der Waals surface area contributed by atoms with E-state index in [1.807, 2.05) is 38.1 Å². The smallest absolute Gasteiger partial charge is 0.330 e. The van der Waals surface area contributed by atoms with Gasteiger partial charge in [0, 0.05) is 23.6 Å². The number of halogens is 1. The number of rotatable bonds is 9. The van der Waals surface area contributed by atoms with Gasteiger partial charge in [-0.3, -0.25) is 19.1 Å². The highest BCUT2D eigenvalue weighted by molar-refractivity contribution is 9.10. The Hall–Kier alpha value is -2.61. The van der Waals surface area contributed by atoms with E-state index in [1.54, 1.807) is 6.08 Å². The van der Waals surface area contributed by atoms with Crippen LogP contribution in [0.4, 0.5) is 11.5 Å². The van der Waals surface area contributed by atoms with Crippen molar-refractivity contribution in [3.63, 3.8) is 0 Å². The van der Waals surface area contributed by atoms with E-state index in [0.717, 1.165) is 29.3 Å². The number of amides is 1. The van der Waals surface area contributed by atoms with Gasteiger partial charge in [0.2, 0.25) is 0 Å². The van der Waals surface area contributed by atoms with Gasteiger partial charge in [0.05, 0.1) is 0 Å². The Kier molecular flexibility index (Phi) is 8.45. The van der Waals surface area contributed by atoms with Crippen molar-refractivity contribution in [2.75, 3.05) is 17.2 Å². The van der Waals surface area contributed by atoms with Crippen LogP contribution in [0, 0.1) is 0 Å². The molecule has 3 N–H and O–H groups in total. The third kappa shape index (κ3) is 5.69. The summed E-state index contributed by atoms with van der Waals surface area (Å²) in [4.78, 5) is 41.4. The molecule has 7 nitrogen and oxygen atoms in total. The lowest BCUT2D eigenvalue weighted by Gasteiger charge is -2.23. The van der Waals surface area contributed by atoms with Crippen LogP contribution in [0.2, 0.25) is 0 Å². The maximum atomic E-state index is 13.0. The number of carbonyl (C=O) groups excluding carboxylic acids is 1. The van der Waals surface area contributed by atoms with Crippen LogP contribution in [0.25, 0.3) is 6.08 Å². The second-order valence-corrected chi connectivity index (χ2v) is 7.55. The number of nitrogens with two attached hydrogens (primary N) is 1. The first kappa shape index (κ1) is 22.7. The topological polar surface area (TPSA) is 101 Å². The Bertz CT molecular complexity index is 994. The summed E-state index contributed by atoms with van der Waals surface area (Å²) in [5.41, 5.74) is 5.84. The summed E-state index contributed by atoms with van der Waals surface area (Å²) in [6.07, 6.45) is 6.24.